The van der Waals surface area contributed by atoms with Crippen molar-refractivity contribution >= 4 is 5.96 Å². The van der Waals surface area contributed by atoms with Crippen molar-refractivity contribution in [3.63, 3.8) is 0 Å². The zero-order valence-electron chi connectivity index (χ0n) is 18.1. The van der Waals surface area contributed by atoms with Gasteiger partial charge in [-0.2, -0.15) is 0 Å². The van der Waals surface area contributed by atoms with Gasteiger partial charge in [0.15, 0.2) is 0 Å². The molecule has 152 valence electrons. The molecule has 0 amide bonds. The first-order valence-corrected chi connectivity index (χ1v) is 10.8. The number of nitrogens with zero attached hydrogens (tertiary/aromatic N) is 3. The number of hydrogen-bond acceptors (Lipinski definition) is 0. The van der Waals surface area contributed by atoms with Gasteiger partial charge < -0.3 is 12.4 Å². The molecule has 0 aliphatic carbocycles. The molecule has 0 unspecified atom stereocenters. The van der Waals surface area contributed by atoms with Crippen molar-refractivity contribution in [3.8, 4) is 0 Å². The van der Waals surface area contributed by atoms with Gasteiger partial charge in [0.05, 0.1) is 39.3 Å². The van der Waals surface area contributed by atoms with Gasteiger partial charge in [0.1, 0.15) is 0 Å². The highest BCUT2D eigenvalue weighted by molar-refractivity contribution is 5.75. The Morgan fingerprint density at radius 2 is 0.960 bits per heavy atom. The summed E-state index contributed by atoms with van der Waals surface area (Å²) in [6, 6.07) is 0. The number of hydrogen-bond donors (Lipinski definition) is 0. The monoisotopic (exact) mass is 375 g/mol. The number of unbranched alkanes of at least 4 members (excludes halogenated alkanes) is 2. The molecular formula is C21H46ClN3. The Morgan fingerprint density at radius 3 is 1.28 bits per heavy atom. The van der Waals surface area contributed by atoms with Gasteiger partial charge in [0.2, 0.25) is 0 Å². The number of halogens is 1. The van der Waals surface area contributed by atoms with Crippen LogP contribution in [0.1, 0.15) is 92.9 Å². The minimum atomic E-state index is 0. The molecule has 0 radical (unpaired) electrons. The number of rotatable bonds is 14. The Morgan fingerprint density at radius 1 is 0.560 bits per heavy atom. The van der Waals surface area contributed by atoms with Gasteiger partial charge in [-0.1, -0.05) is 54.4 Å². The van der Waals surface area contributed by atoms with Crippen molar-refractivity contribution in [1.29, 1.82) is 0 Å². The molecule has 0 atom stereocenters. The molecule has 3 nitrogen and oxygen atoms in total. The lowest BCUT2D eigenvalue weighted by Crippen LogP contribution is -3.00. The molecule has 0 aromatic heterocycles. The molecule has 0 heterocycles. The van der Waals surface area contributed by atoms with Gasteiger partial charge in [0, 0.05) is 0 Å². The second-order valence-corrected chi connectivity index (χ2v) is 6.97. The fourth-order valence-electron chi connectivity index (χ4n) is 3.31. The zero-order chi connectivity index (χ0) is 18.2. The average molecular weight is 376 g/mol. The lowest BCUT2D eigenvalue weighted by molar-refractivity contribution is -0.538. The maximum absolute atomic E-state index is 2.71. The standard InChI is InChI=1S/C21H46N3.ClH/c1-7-13-19-24(20-14-8-2)21(22(15-9-3)16-10-4)23(17-11-5)18-12-6;/h7-20H2,1-6H3;1H/q+1;/p-1. The average Bonchev–Trinajstić information content (AvgIpc) is 2.57. The molecule has 0 aliphatic heterocycles. The van der Waals surface area contributed by atoms with E-state index in [1.165, 1.54) is 96.6 Å². The first-order valence-electron chi connectivity index (χ1n) is 10.8. The lowest BCUT2D eigenvalue weighted by atomic mass is 10.2. The van der Waals surface area contributed by atoms with Crippen LogP contribution in [-0.2, 0) is 0 Å². The molecule has 0 saturated carbocycles. The van der Waals surface area contributed by atoms with E-state index in [9.17, 15) is 0 Å². The maximum Gasteiger partial charge on any atom is 0.350 e. The third-order valence-corrected chi connectivity index (χ3v) is 4.39. The zero-order valence-corrected chi connectivity index (χ0v) is 18.9. The van der Waals surface area contributed by atoms with Crippen molar-refractivity contribution in [2.45, 2.75) is 92.9 Å². The van der Waals surface area contributed by atoms with Gasteiger partial charge in [0.25, 0.3) is 0 Å². The second kappa shape index (κ2) is 18.4. The lowest BCUT2D eigenvalue weighted by Gasteiger charge is -2.31. The summed E-state index contributed by atoms with van der Waals surface area (Å²) in [5.41, 5.74) is 0. The predicted octanol–water partition coefficient (Wildman–Crippen LogP) is 2.20. The van der Waals surface area contributed by atoms with Gasteiger partial charge >= 0.3 is 5.96 Å². The molecule has 0 N–H and O–H groups in total. The topological polar surface area (TPSA) is 9.49 Å². The molecule has 0 saturated heterocycles. The van der Waals surface area contributed by atoms with Crippen LogP contribution in [-0.4, -0.2) is 59.6 Å². The summed E-state index contributed by atoms with van der Waals surface area (Å²) in [5.74, 6) is 1.53. The third kappa shape index (κ3) is 11.0. The van der Waals surface area contributed by atoms with E-state index in [-0.39, 0.29) is 12.4 Å². The molecule has 0 bridgehead atoms. The van der Waals surface area contributed by atoms with Gasteiger partial charge in [-0.05, 0) is 38.5 Å². The maximum atomic E-state index is 2.71. The smallest absolute Gasteiger partial charge is 0.350 e. The van der Waals surface area contributed by atoms with E-state index in [1.807, 2.05) is 0 Å². The van der Waals surface area contributed by atoms with Crippen LogP contribution in [0, 0.1) is 0 Å². The van der Waals surface area contributed by atoms with Gasteiger partial charge in [-0.3, -0.25) is 14.4 Å². The van der Waals surface area contributed by atoms with Gasteiger partial charge in [-0.25, -0.2) is 0 Å². The summed E-state index contributed by atoms with van der Waals surface area (Å²) in [6.45, 7) is 21.0. The van der Waals surface area contributed by atoms with Crippen molar-refractivity contribution in [1.82, 2.24) is 9.80 Å². The summed E-state index contributed by atoms with van der Waals surface area (Å²) >= 11 is 0. The summed E-state index contributed by atoms with van der Waals surface area (Å²) in [6.07, 6.45) is 10.1. The molecule has 0 rings (SSSR count). The van der Waals surface area contributed by atoms with E-state index < -0.39 is 0 Å². The minimum absolute atomic E-state index is 0. The fourth-order valence-corrected chi connectivity index (χ4v) is 3.31. The highest BCUT2D eigenvalue weighted by Crippen LogP contribution is 2.08. The predicted molar refractivity (Wildman–Crippen MR) is 109 cm³/mol. The highest BCUT2D eigenvalue weighted by atomic mass is 35.5. The van der Waals surface area contributed by atoms with Crippen LogP contribution in [0.15, 0.2) is 0 Å². The minimum Gasteiger partial charge on any atom is -1.00 e. The van der Waals surface area contributed by atoms with Crippen LogP contribution in [0.2, 0.25) is 0 Å². The number of guanidine groups is 1. The Kier molecular flexibility index (Phi) is 19.7. The van der Waals surface area contributed by atoms with Gasteiger partial charge in [-0.15, -0.1) is 0 Å². The molecule has 4 heteroatoms. The van der Waals surface area contributed by atoms with Crippen LogP contribution < -0.4 is 12.4 Å². The van der Waals surface area contributed by atoms with Crippen molar-refractivity contribution < 1.29 is 17.0 Å². The van der Waals surface area contributed by atoms with Crippen molar-refractivity contribution in [2.75, 3.05) is 39.3 Å². The summed E-state index contributed by atoms with van der Waals surface area (Å²) in [5, 5.41) is 0. The van der Waals surface area contributed by atoms with Crippen LogP contribution in [0.5, 0.6) is 0 Å². The Labute approximate surface area is 165 Å². The molecule has 0 aromatic carbocycles. The summed E-state index contributed by atoms with van der Waals surface area (Å²) < 4.78 is 2.68. The largest absolute Gasteiger partial charge is 1.00 e. The summed E-state index contributed by atoms with van der Waals surface area (Å²) in [4.78, 5) is 5.39. The highest BCUT2D eigenvalue weighted by Gasteiger charge is 2.27. The van der Waals surface area contributed by atoms with Crippen LogP contribution in [0.4, 0.5) is 0 Å². The van der Waals surface area contributed by atoms with E-state index in [0.717, 1.165) is 0 Å². The normalized spacial score (nSPS) is 10.3. The van der Waals surface area contributed by atoms with Crippen LogP contribution in [0.3, 0.4) is 0 Å². The fraction of sp³-hybridized carbons (Fsp3) is 0.952. The Balaban J connectivity index is 0. The van der Waals surface area contributed by atoms with E-state index in [4.69, 9.17) is 0 Å². The van der Waals surface area contributed by atoms with E-state index in [2.05, 4.69) is 55.9 Å². The Bertz CT molecular complexity index is 296. The first-order chi connectivity index (χ1) is 11.7. The quantitative estimate of drug-likeness (QED) is 0.261. The second-order valence-electron chi connectivity index (χ2n) is 6.97. The Hall–Kier alpha value is -0.440. The van der Waals surface area contributed by atoms with Crippen molar-refractivity contribution in [3.05, 3.63) is 0 Å². The SMILES string of the molecule is CCCCN(CCCC)C(N(CCC)CCC)=[N+](CCC)CCC.[Cl-]. The van der Waals surface area contributed by atoms with E-state index >= 15 is 0 Å². The first kappa shape index (κ1) is 26.8. The van der Waals surface area contributed by atoms with Crippen LogP contribution >= 0.6 is 0 Å². The molecule has 0 aliphatic rings. The van der Waals surface area contributed by atoms with E-state index in [0.29, 0.717) is 0 Å². The summed E-state index contributed by atoms with van der Waals surface area (Å²) in [7, 11) is 0. The van der Waals surface area contributed by atoms with Crippen molar-refractivity contribution in [2.24, 2.45) is 0 Å². The molecular weight excluding hydrogens is 330 g/mol. The van der Waals surface area contributed by atoms with E-state index in [1.54, 1.807) is 0 Å². The molecule has 0 aromatic rings. The van der Waals surface area contributed by atoms with Crippen LogP contribution in [0.25, 0.3) is 0 Å². The third-order valence-electron chi connectivity index (χ3n) is 4.39. The molecule has 25 heavy (non-hydrogen) atoms. The molecule has 0 fully saturated rings. The molecule has 0 spiro atoms.